The molecular weight excluding hydrogens is 332 g/mol. The van der Waals surface area contributed by atoms with Crippen LogP contribution in [0.15, 0.2) is 51.9 Å². The zero-order valence-electron chi connectivity index (χ0n) is 15.1. The highest BCUT2D eigenvalue weighted by atomic mass is 16.3. The molecule has 0 bridgehead atoms. The maximum atomic E-state index is 12.9. The van der Waals surface area contributed by atoms with Gasteiger partial charge in [0.15, 0.2) is 0 Å². The maximum absolute atomic E-state index is 12.9. The highest BCUT2D eigenvalue weighted by Crippen LogP contribution is 2.16. The van der Waals surface area contributed by atoms with E-state index in [1.165, 1.54) is 0 Å². The third kappa shape index (κ3) is 3.66. The number of carbonyl (C=O) groups is 1. The standard InChI is InChI=1S/C19H22N4O3/c1-13(2)14(3)22(11-15-7-6-10-26-15)18(24)12-23-19(25)16-8-4-5-9-17(16)20-21-23/h4-10,13-14H,11-12H2,1-3H3. The highest BCUT2D eigenvalue weighted by Gasteiger charge is 2.24. The predicted molar refractivity (Wildman–Crippen MR) is 97.4 cm³/mol. The Kier molecular flexibility index (Phi) is 5.16. The molecule has 2 aromatic heterocycles. The molecule has 1 atom stereocenters. The van der Waals surface area contributed by atoms with Gasteiger partial charge in [-0.1, -0.05) is 31.2 Å². The first-order valence-corrected chi connectivity index (χ1v) is 8.61. The third-order valence-electron chi connectivity index (χ3n) is 4.60. The van der Waals surface area contributed by atoms with E-state index in [1.54, 1.807) is 41.5 Å². The topological polar surface area (TPSA) is 81.2 Å². The molecule has 0 radical (unpaired) electrons. The number of fused-ring (bicyclic) bond motifs is 1. The fraction of sp³-hybridized carbons (Fsp3) is 0.368. The van der Waals surface area contributed by atoms with Gasteiger partial charge in [-0.3, -0.25) is 9.59 Å². The summed E-state index contributed by atoms with van der Waals surface area (Å²) in [6, 6.07) is 10.6. The van der Waals surface area contributed by atoms with E-state index >= 15 is 0 Å². The third-order valence-corrected chi connectivity index (χ3v) is 4.60. The summed E-state index contributed by atoms with van der Waals surface area (Å²) in [5, 5.41) is 8.40. The summed E-state index contributed by atoms with van der Waals surface area (Å²) in [5.41, 5.74) is 0.197. The van der Waals surface area contributed by atoms with Crippen molar-refractivity contribution in [3.63, 3.8) is 0 Å². The van der Waals surface area contributed by atoms with Crippen LogP contribution in [0.3, 0.4) is 0 Å². The Balaban J connectivity index is 1.87. The Morgan fingerprint density at radius 1 is 1.19 bits per heavy atom. The van der Waals surface area contributed by atoms with Crippen molar-refractivity contribution in [2.75, 3.05) is 0 Å². The summed E-state index contributed by atoms with van der Waals surface area (Å²) >= 11 is 0. The lowest BCUT2D eigenvalue weighted by atomic mass is 10.0. The second-order valence-electron chi connectivity index (χ2n) is 6.66. The monoisotopic (exact) mass is 354 g/mol. The van der Waals surface area contributed by atoms with Crippen molar-refractivity contribution in [2.24, 2.45) is 5.92 Å². The van der Waals surface area contributed by atoms with Gasteiger partial charge in [-0.05, 0) is 37.1 Å². The van der Waals surface area contributed by atoms with Gasteiger partial charge in [0, 0.05) is 6.04 Å². The Morgan fingerprint density at radius 2 is 1.96 bits per heavy atom. The first-order chi connectivity index (χ1) is 12.5. The lowest BCUT2D eigenvalue weighted by Gasteiger charge is -2.31. The second kappa shape index (κ2) is 7.51. The minimum Gasteiger partial charge on any atom is -0.467 e. The van der Waals surface area contributed by atoms with E-state index in [0.717, 1.165) is 4.68 Å². The molecule has 0 saturated heterocycles. The highest BCUT2D eigenvalue weighted by molar-refractivity contribution is 5.78. The first-order valence-electron chi connectivity index (χ1n) is 8.61. The number of nitrogens with zero attached hydrogens (tertiary/aromatic N) is 4. The molecule has 2 heterocycles. The summed E-state index contributed by atoms with van der Waals surface area (Å²) < 4.78 is 6.50. The summed E-state index contributed by atoms with van der Waals surface area (Å²) in [6.07, 6.45) is 1.58. The average Bonchev–Trinajstić information content (AvgIpc) is 3.14. The van der Waals surface area contributed by atoms with E-state index in [1.807, 2.05) is 13.0 Å². The van der Waals surface area contributed by atoms with Crippen molar-refractivity contribution >= 4 is 16.8 Å². The van der Waals surface area contributed by atoms with Crippen LogP contribution in [-0.2, 0) is 17.9 Å². The van der Waals surface area contributed by atoms with Crippen molar-refractivity contribution in [2.45, 2.75) is 39.9 Å². The Hall–Kier alpha value is -2.96. The van der Waals surface area contributed by atoms with Crippen LogP contribution < -0.4 is 5.56 Å². The quantitative estimate of drug-likeness (QED) is 0.679. The predicted octanol–water partition coefficient (Wildman–Crippen LogP) is 2.46. The van der Waals surface area contributed by atoms with Gasteiger partial charge in [0.25, 0.3) is 5.56 Å². The van der Waals surface area contributed by atoms with Crippen molar-refractivity contribution in [1.82, 2.24) is 19.9 Å². The van der Waals surface area contributed by atoms with Crippen LogP contribution in [0.4, 0.5) is 0 Å². The summed E-state index contributed by atoms with van der Waals surface area (Å²) in [5.74, 6) is 0.755. The molecule has 0 N–H and O–H groups in total. The molecule has 26 heavy (non-hydrogen) atoms. The largest absolute Gasteiger partial charge is 0.467 e. The van der Waals surface area contributed by atoms with Gasteiger partial charge >= 0.3 is 0 Å². The lowest BCUT2D eigenvalue weighted by Crippen LogP contribution is -2.44. The minimum atomic E-state index is -0.320. The van der Waals surface area contributed by atoms with Crippen LogP contribution in [0.5, 0.6) is 0 Å². The molecule has 136 valence electrons. The van der Waals surface area contributed by atoms with Gasteiger partial charge in [-0.15, -0.1) is 5.10 Å². The molecule has 0 fully saturated rings. The van der Waals surface area contributed by atoms with E-state index in [2.05, 4.69) is 24.2 Å². The van der Waals surface area contributed by atoms with Gasteiger partial charge in [-0.25, -0.2) is 4.68 Å². The van der Waals surface area contributed by atoms with E-state index < -0.39 is 0 Å². The molecule has 3 rings (SSSR count). The minimum absolute atomic E-state index is 0.0169. The van der Waals surface area contributed by atoms with E-state index in [0.29, 0.717) is 23.2 Å². The molecule has 1 aromatic carbocycles. The molecule has 7 heteroatoms. The number of hydrogen-bond acceptors (Lipinski definition) is 5. The van der Waals surface area contributed by atoms with Gasteiger partial charge in [-0.2, -0.15) is 0 Å². The number of furan rings is 1. The van der Waals surface area contributed by atoms with Crippen LogP contribution in [0, 0.1) is 5.92 Å². The molecule has 0 spiro atoms. The van der Waals surface area contributed by atoms with Crippen molar-refractivity contribution in [3.8, 4) is 0 Å². The summed E-state index contributed by atoms with van der Waals surface area (Å²) in [6.45, 7) is 6.28. The Bertz CT molecular complexity index is 947. The van der Waals surface area contributed by atoms with Crippen molar-refractivity contribution < 1.29 is 9.21 Å². The van der Waals surface area contributed by atoms with Crippen LogP contribution in [0.2, 0.25) is 0 Å². The summed E-state index contributed by atoms with van der Waals surface area (Å²) in [4.78, 5) is 27.2. The molecule has 3 aromatic rings. The number of benzene rings is 1. The fourth-order valence-corrected chi connectivity index (χ4v) is 2.74. The molecule has 1 amide bonds. The molecule has 0 aliphatic rings. The maximum Gasteiger partial charge on any atom is 0.278 e. The van der Waals surface area contributed by atoms with Crippen molar-refractivity contribution in [3.05, 3.63) is 58.8 Å². The number of aromatic nitrogens is 3. The first kappa shape index (κ1) is 17.8. The molecule has 0 aliphatic carbocycles. The average molecular weight is 354 g/mol. The van der Waals surface area contributed by atoms with Crippen LogP contribution >= 0.6 is 0 Å². The van der Waals surface area contributed by atoms with Crippen LogP contribution in [0.25, 0.3) is 10.9 Å². The van der Waals surface area contributed by atoms with Gasteiger partial charge in [0.2, 0.25) is 5.91 Å². The number of hydrogen-bond donors (Lipinski definition) is 0. The number of carbonyl (C=O) groups excluding carboxylic acids is 1. The van der Waals surface area contributed by atoms with E-state index in [9.17, 15) is 9.59 Å². The Morgan fingerprint density at radius 3 is 2.65 bits per heavy atom. The lowest BCUT2D eigenvalue weighted by molar-refractivity contribution is -0.136. The molecule has 0 aliphatic heterocycles. The van der Waals surface area contributed by atoms with Crippen molar-refractivity contribution in [1.29, 1.82) is 0 Å². The molecule has 1 unspecified atom stereocenters. The van der Waals surface area contributed by atoms with E-state index in [4.69, 9.17) is 4.42 Å². The van der Waals surface area contributed by atoms with Crippen LogP contribution in [0.1, 0.15) is 26.5 Å². The molecule has 7 nitrogen and oxygen atoms in total. The SMILES string of the molecule is CC(C)C(C)N(Cc1ccco1)C(=O)Cn1nnc2ccccc2c1=O. The van der Waals surface area contributed by atoms with Gasteiger partial charge < -0.3 is 9.32 Å². The Labute approximate surface area is 151 Å². The van der Waals surface area contributed by atoms with Crippen LogP contribution in [-0.4, -0.2) is 31.8 Å². The summed E-state index contributed by atoms with van der Waals surface area (Å²) in [7, 11) is 0. The van der Waals surface area contributed by atoms with E-state index in [-0.39, 0.29) is 30.0 Å². The smallest absolute Gasteiger partial charge is 0.278 e. The molecule has 0 saturated carbocycles. The number of amides is 1. The zero-order chi connectivity index (χ0) is 18.7. The fourth-order valence-electron chi connectivity index (χ4n) is 2.74. The second-order valence-corrected chi connectivity index (χ2v) is 6.66. The zero-order valence-corrected chi connectivity index (χ0v) is 15.1. The van der Waals surface area contributed by atoms with Gasteiger partial charge in [0.1, 0.15) is 17.8 Å². The molecular formula is C19H22N4O3. The normalized spacial score (nSPS) is 12.5. The number of rotatable bonds is 6. The van der Waals surface area contributed by atoms with Gasteiger partial charge in [0.05, 0.1) is 18.2 Å².